The second-order valence-electron chi connectivity index (χ2n) is 2.58. The fraction of sp³-hybridized carbons (Fsp3) is 0. The van der Waals surface area contributed by atoms with Gasteiger partial charge in [0, 0.05) is 0 Å². The Bertz CT molecular complexity index is 484. The number of hydrogen-bond donors (Lipinski definition) is 0. The molecule has 0 amide bonds. The number of hydrogen-bond acceptors (Lipinski definition) is 18. The predicted octanol–water partition coefficient (Wildman–Crippen LogP) is -7.30. The maximum atomic E-state index is 10.1. The molecule has 0 saturated heterocycles. The van der Waals surface area contributed by atoms with Crippen molar-refractivity contribution in [3.8, 4) is 0 Å². The summed E-state index contributed by atoms with van der Waals surface area (Å²) < 4.78 is 111. The van der Waals surface area contributed by atoms with Crippen molar-refractivity contribution in [2.24, 2.45) is 0 Å². The van der Waals surface area contributed by atoms with Gasteiger partial charge in [0.05, 0.1) is 0 Å². The van der Waals surface area contributed by atoms with E-state index in [0.29, 0.717) is 0 Å². The van der Waals surface area contributed by atoms with E-state index >= 15 is 0 Å². The average molecular weight is 698 g/mol. The first kappa shape index (κ1) is 54.4. The summed E-state index contributed by atoms with van der Waals surface area (Å²) in [6, 6.07) is 0. The van der Waals surface area contributed by atoms with Gasteiger partial charge in [-0.25, -0.2) is 25.2 Å². The van der Waals surface area contributed by atoms with Crippen LogP contribution in [0.5, 0.6) is 0 Å². The van der Waals surface area contributed by atoms with Gasteiger partial charge in [-0.05, 0) is 0 Å². The number of rotatable bonds is 0. The Hall–Kier alpha value is 1.52. The minimum Gasteiger partial charge on any atom is -0.786 e. The van der Waals surface area contributed by atoms with Crippen molar-refractivity contribution in [2.75, 3.05) is 0 Å². The van der Waals surface area contributed by atoms with E-state index in [9.17, 15) is 25.2 Å². The van der Waals surface area contributed by atoms with Crippen LogP contribution in [0.3, 0.4) is 0 Å². The molecule has 0 heterocycles. The Morgan fingerprint density at radius 3 is 0.281 bits per heavy atom. The second kappa shape index (κ2) is 22.9. The summed E-state index contributed by atoms with van der Waals surface area (Å²) in [4.78, 5) is 101. The molecule has 0 unspecified atom stereocenters. The Kier molecular flexibility index (Phi) is 39.0. The molecule has 0 N–H and O–H groups in total. The van der Waals surface area contributed by atoms with Gasteiger partial charge in [0.25, 0.3) is 0 Å². The molecule has 0 aromatic heterocycles. The zero-order valence-corrected chi connectivity index (χ0v) is 20.8. The summed E-state index contributed by atoms with van der Waals surface area (Å²) in [5.41, 5.74) is 0. The minimum absolute atomic E-state index is 0. The second-order valence-corrected chi connectivity index (χ2v) is 7.75. The van der Waals surface area contributed by atoms with Crippen LogP contribution < -0.4 is 58.7 Å². The van der Waals surface area contributed by atoms with Gasteiger partial charge >= 0.3 is 34.1 Å². The summed E-state index contributed by atoms with van der Waals surface area (Å²) >= 11 is 0. The standard InChI is InChI=1S/6FH2O3P.2Mn/c6*1-5(2,3)4;;/h6*(H2,2,3,4);;/q;;;;;;2*+6/p-12. The van der Waals surface area contributed by atoms with Crippen LogP contribution in [-0.2, 0) is 61.5 Å². The molecule has 0 aromatic rings. The molecular formula is F6Mn2O18P6. The zero-order valence-electron chi connectivity index (χ0n) is 13.1. The van der Waals surface area contributed by atoms with Gasteiger partial charge in [-0.3, -0.25) is 0 Å². The van der Waals surface area contributed by atoms with Gasteiger partial charge in [-0.15, -0.1) is 0 Å². The van der Waals surface area contributed by atoms with Gasteiger partial charge in [-0.1, -0.05) is 0 Å². The van der Waals surface area contributed by atoms with Crippen molar-refractivity contribution in [1.82, 2.24) is 0 Å². The van der Waals surface area contributed by atoms with Gasteiger partial charge in [-0.2, -0.15) is 0 Å². The summed E-state index contributed by atoms with van der Waals surface area (Å²) in [7, 11) is -33.8. The van der Waals surface area contributed by atoms with Crippen LogP contribution in [0.15, 0.2) is 0 Å². The third-order valence-electron chi connectivity index (χ3n) is 0. The Morgan fingerprint density at radius 1 is 0.281 bits per heavy atom. The van der Waals surface area contributed by atoms with Crippen molar-refractivity contribution in [2.45, 2.75) is 0 Å². The fourth-order valence-corrected chi connectivity index (χ4v) is 0. The molecule has 0 aromatic carbocycles. The third kappa shape index (κ3) is 12700. The SMILES string of the molecule is O=P([O-])([O-])F.O=P([O-])([O-])F.O=P([O-])([O-])F.O=P([O-])([O-])F.O=P([O-])([O-])F.O=P([O-])([O-])F.[Mn+6].[Mn+6]. The summed E-state index contributed by atoms with van der Waals surface area (Å²) in [5.74, 6) is 0. The van der Waals surface area contributed by atoms with Crippen molar-refractivity contribution < 1.29 is 145 Å². The maximum absolute atomic E-state index is 10.1. The minimum atomic E-state index is -5.64. The molecule has 0 spiro atoms. The predicted molar refractivity (Wildman–Crippen MR) is 52.3 cm³/mol. The molecule has 0 aliphatic carbocycles. The Balaban J connectivity index is -0.0000000356. The smallest absolute Gasteiger partial charge is 0.786 e. The molecule has 0 fully saturated rings. The van der Waals surface area contributed by atoms with Crippen LogP contribution in [-0.4, -0.2) is 0 Å². The van der Waals surface area contributed by atoms with E-state index in [1.807, 2.05) is 0 Å². The summed E-state index contributed by atoms with van der Waals surface area (Å²) in [6.45, 7) is 0. The summed E-state index contributed by atoms with van der Waals surface area (Å²) in [5, 5.41) is 0. The van der Waals surface area contributed by atoms with E-state index in [1.54, 1.807) is 0 Å². The number of halogens is 6. The van der Waals surface area contributed by atoms with E-state index in [-0.39, 0.29) is 34.1 Å². The van der Waals surface area contributed by atoms with Crippen LogP contribution in [0.4, 0.5) is 25.2 Å². The van der Waals surface area contributed by atoms with E-state index in [2.05, 4.69) is 0 Å². The van der Waals surface area contributed by atoms with Crippen molar-refractivity contribution in [1.29, 1.82) is 0 Å². The normalized spacial score (nSPS) is 11.1. The quantitative estimate of drug-likeness (QED) is 0.129. The van der Waals surface area contributed by atoms with E-state index in [4.69, 9.17) is 86.1 Å². The van der Waals surface area contributed by atoms with Gasteiger partial charge in [0.1, 0.15) is 47.4 Å². The van der Waals surface area contributed by atoms with Crippen LogP contribution in [0.25, 0.3) is 0 Å². The molecule has 0 rings (SSSR count). The molecule has 2 radical (unpaired) electrons. The molecule has 32 heavy (non-hydrogen) atoms. The van der Waals surface area contributed by atoms with Crippen LogP contribution in [0.1, 0.15) is 0 Å². The monoisotopic (exact) mass is 698 g/mol. The first-order valence-electron chi connectivity index (χ1n) is 4.30. The molecular weight excluding hydrogens is 698 g/mol. The molecule has 0 aliphatic rings. The maximum Gasteiger partial charge on any atom is 6.00 e. The van der Waals surface area contributed by atoms with Crippen LogP contribution in [0, 0.1) is 0 Å². The molecule has 0 saturated carbocycles. The van der Waals surface area contributed by atoms with E-state index in [0.717, 1.165) is 0 Å². The largest absolute Gasteiger partial charge is 6.00 e. The van der Waals surface area contributed by atoms with Crippen molar-refractivity contribution in [3.05, 3.63) is 0 Å². The summed E-state index contributed by atoms with van der Waals surface area (Å²) in [6.07, 6.45) is 0. The van der Waals surface area contributed by atoms with E-state index in [1.165, 1.54) is 0 Å². The molecule has 0 aliphatic heterocycles. The Labute approximate surface area is 193 Å². The van der Waals surface area contributed by atoms with Gasteiger partial charge < -0.3 is 86.1 Å². The average Bonchev–Trinajstić information content (AvgIpc) is 1.94. The van der Waals surface area contributed by atoms with Gasteiger partial charge in [0.15, 0.2) is 0 Å². The molecule has 32 heteroatoms. The van der Waals surface area contributed by atoms with Crippen molar-refractivity contribution >= 4 is 47.4 Å². The fourth-order valence-electron chi connectivity index (χ4n) is 0. The third-order valence-corrected chi connectivity index (χ3v) is 0. The van der Waals surface area contributed by atoms with Crippen LogP contribution in [0.2, 0.25) is 0 Å². The molecule has 194 valence electrons. The first-order chi connectivity index (χ1) is 12.0. The van der Waals surface area contributed by atoms with Crippen molar-refractivity contribution in [3.63, 3.8) is 0 Å². The molecule has 0 atom stereocenters. The van der Waals surface area contributed by atoms with E-state index < -0.39 is 47.4 Å². The van der Waals surface area contributed by atoms with Gasteiger partial charge in [0.2, 0.25) is 0 Å². The molecule has 18 nitrogen and oxygen atoms in total. The van der Waals surface area contributed by atoms with Crippen LogP contribution >= 0.6 is 47.4 Å². The first-order valence-corrected chi connectivity index (χ1v) is 12.9. The zero-order chi connectivity index (χ0) is 27.0. The topological polar surface area (TPSA) is 379 Å². The molecule has 0 bridgehead atoms. The Morgan fingerprint density at radius 2 is 0.281 bits per heavy atom.